The molecule has 3 rings (SSSR count). The zero-order chi connectivity index (χ0) is 13.2. The van der Waals surface area contributed by atoms with Gasteiger partial charge in [-0.15, -0.1) is 0 Å². The number of nitrogens with zero attached hydrogens (tertiary/aromatic N) is 2. The minimum atomic E-state index is -0.0550. The highest BCUT2D eigenvalue weighted by molar-refractivity contribution is 5.92. The molecule has 0 radical (unpaired) electrons. The van der Waals surface area contributed by atoms with Gasteiger partial charge in [-0.25, -0.2) is 0 Å². The second kappa shape index (κ2) is 4.72. The number of carbonyl (C=O) groups excluding carboxylic acids is 1. The number of aliphatic imine (C=N–C) groups is 1. The Labute approximate surface area is 111 Å². The Bertz CT molecular complexity index is 694. The van der Waals surface area contributed by atoms with Crippen molar-refractivity contribution < 1.29 is 4.79 Å². The van der Waals surface area contributed by atoms with Crippen molar-refractivity contribution >= 4 is 28.7 Å². The normalized spacial score (nSPS) is 13.8. The maximum absolute atomic E-state index is 11.1. The summed E-state index contributed by atoms with van der Waals surface area (Å²) in [6.45, 7) is 2.28. The molecule has 96 valence electrons. The number of hydrogen-bond acceptors (Lipinski definition) is 2. The third-order valence-electron chi connectivity index (χ3n) is 3.14. The molecular formula is C15H15N3O. The molecule has 4 heteroatoms. The van der Waals surface area contributed by atoms with Gasteiger partial charge in [-0.2, -0.15) is 0 Å². The van der Waals surface area contributed by atoms with Gasteiger partial charge in [-0.1, -0.05) is 12.1 Å². The van der Waals surface area contributed by atoms with Gasteiger partial charge >= 0.3 is 0 Å². The number of anilines is 1. The number of aromatic nitrogens is 1. The topological polar surface area (TPSA) is 46.4 Å². The molecule has 2 heterocycles. The van der Waals surface area contributed by atoms with Crippen LogP contribution in [-0.2, 0) is 11.3 Å². The molecule has 1 aliphatic heterocycles. The summed E-state index contributed by atoms with van der Waals surface area (Å²) < 4.78 is 2.15. The molecular weight excluding hydrogens is 238 g/mol. The van der Waals surface area contributed by atoms with E-state index in [-0.39, 0.29) is 5.91 Å². The minimum absolute atomic E-state index is 0.0550. The van der Waals surface area contributed by atoms with Gasteiger partial charge in [0, 0.05) is 31.4 Å². The van der Waals surface area contributed by atoms with Gasteiger partial charge in [0.15, 0.2) is 0 Å². The molecule has 2 aromatic rings. The average molecular weight is 253 g/mol. The summed E-state index contributed by atoms with van der Waals surface area (Å²) >= 11 is 0. The Morgan fingerprint density at radius 2 is 2.32 bits per heavy atom. The fraction of sp³-hybridized carbons (Fsp3) is 0.200. The third kappa shape index (κ3) is 2.42. The molecule has 19 heavy (non-hydrogen) atoms. The SMILES string of the molecule is CC(=O)Nc1ccc2ccn(CC3=CCC=N3)c2c1. The first-order valence-corrected chi connectivity index (χ1v) is 6.30. The van der Waals surface area contributed by atoms with Crippen LogP contribution >= 0.6 is 0 Å². The Morgan fingerprint density at radius 1 is 1.42 bits per heavy atom. The number of hydrogen-bond donors (Lipinski definition) is 1. The molecule has 4 nitrogen and oxygen atoms in total. The van der Waals surface area contributed by atoms with E-state index in [2.05, 4.69) is 33.2 Å². The summed E-state index contributed by atoms with van der Waals surface area (Å²) in [4.78, 5) is 15.4. The number of fused-ring (bicyclic) bond motifs is 1. The van der Waals surface area contributed by atoms with E-state index in [4.69, 9.17) is 0 Å². The first-order chi connectivity index (χ1) is 9.22. The van der Waals surface area contributed by atoms with Crippen LogP contribution in [0.4, 0.5) is 5.69 Å². The van der Waals surface area contributed by atoms with Gasteiger partial charge in [0.1, 0.15) is 0 Å². The predicted octanol–water partition coefficient (Wildman–Crippen LogP) is 2.96. The highest BCUT2D eigenvalue weighted by Gasteiger charge is 2.06. The molecule has 0 aliphatic carbocycles. The quantitative estimate of drug-likeness (QED) is 0.898. The van der Waals surface area contributed by atoms with Crippen LogP contribution in [0.25, 0.3) is 10.9 Å². The minimum Gasteiger partial charge on any atom is -0.341 e. The lowest BCUT2D eigenvalue weighted by atomic mass is 10.2. The molecule has 1 aromatic carbocycles. The van der Waals surface area contributed by atoms with Gasteiger partial charge in [-0.05, 0) is 23.6 Å². The molecule has 0 saturated heterocycles. The van der Waals surface area contributed by atoms with Crippen LogP contribution in [0, 0.1) is 0 Å². The number of nitrogens with one attached hydrogen (secondary N) is 1. The van der Waals surface area contributed by atoms with Crippen LogP contribution < -0.4 is 5.32 Å². The highest BCUT2D eigenvalue weighted by Crippen LogP contribution is 2.22. The molecule has 0 unspecified atom stereocenters. The Kier molecular flexibility index (Phi) is 2.91. The standard InChI is InChI=1S/C15H15N3O/c1-11(19)17-13-5-4-12-6-8-18(15(12)9-13)10-14-3-2-7-16-14/h3-9H,2,10H2,1H3,(H,17,19). The average Bonchev–Trinajstić information content (AvgIpc) is 3.00. The zero-order valence-electron chi connectivity index (χ0n) is 10.8. The molecule has 1 aromatic heterocycles. The number of allylic oxidation sites excluding steroid dienone is 2. The summed E-state index contributed by atoms with van der Waals surface area (Å²) in [5.74, 6) is -0.0550. The monoisotopic (exact) mass is 253 g/mol. The molecule has 0 fully saturated rings. The van der Waals surface area contributed by atoms with E-state index in [1.807, 2.05) is 24.4 Å². The molecule has 1 N–H and O–H groups in total. The molecule has 1 amide bonds. The molecule has 0 bridgehead atoms. The number of carbonyl (C=O) groups is 1. The van der Waals surface area contributed by atoms with Crippen LogP contribution in [-0.4, -0.2) is 16.7 Å². The molecule has 0 spiro atoms. The van der Waals surface area contributed by atoms with Gasteiger partial charge < -0.3 is 9.88 Å². The van der Waals surface area contributed by atoms with E-state index < -0.39 is 0 Å². The summed E-state index contributed by atoms with van der Waals surface area (Å²) in [5, 5.41) is 3.97. The summed E-state index contributed by atoms with van der Waals surface area (Å²) in [5.41, 5.74) is 3.01. The number of benzene rings is 1. The van der Waals surface area contributed by atoms with Crippen molar-refractivity contribution in [3.8, 4) is 0 Å². The summed E-state index contributed by atoms with van der Waals surface area (Å²) in [6.07, 6.45) is 7.02. The van der Waals surface area contributed by atoms with Crippen molar-refractivity contribution in [2.24, 2.45) is 4.99 Å². The summed E-state index contributed by atoms with van der Waals surface area (Å²) in [6, 6.07) is 8.01. The lowest BCUT2D eigenvalue weighted by Gasteiger charge is -2.07. The first-order valence-electron chi connectivity index (χ1n) is 6.30. The number of amides is 1. The Morgan fingerprint density at radius 3 is 3.05 bits per heavy atom. The lowest BCUT2D eigenvalue weighted by molar-refractivity contribution is -0.114. The van der Waals surface area contributed by atoms with Crippen molar-refractivity contribution in [1.82, 2.24) is 4.57 Å². The maximum Gasteiger partial charge on any atom is 0.221 e. The van der Waals surface area contributed by atoms with Crippen LogP contribution in [0.5, 0.6) is 0 Å². The second-order valence-corrected chi connectivity index (χ2v) is 4.64. The van der Waals surface area contributed by atoms with Gasteiger partial charge in [-0.3, -0.25) is 9.79 Å². The van der Waals surface area contributed by atoms with Crippen LogP contribution in [0.1, 0.15) is 13.3 Å². The largest absolute Gasteiger partial charge is 0.341 e. The van der Waals surface area contributed by atoms with Crippen molar-refractivity contribution in [3.63, 3.8) is 0 Å². The fourth-order valence-electron chi connectivity index (χ4n) is 2.29. The Balaban J connectivity index is 1.95. The summed E-state index contributed by atoms with van der Waals surface area (Å²) in [7, 11) is 0. The first kappa shape index (κ1) is 11.7. The van der Waals surface area contributed by atoms with Gasteiger partial charge in [0.25, 0.3) is 0 Å². The third-order valence-corrected chi connectivity index (χ3v) is 3.14. The second-order valence-electron chi connectivity index (χ2n) is 4.64. The Hall–Kier alpha value is -2.36. The lowest BCUT2D eigenvalue weighted by Crippen LogP contribution is -2.05. The van der Waals surface area contributed by atoms with Crippen LogP contribution in [0.3, 0.4) is 0 Å². The van der Waals surface area contributed by atoms with Crippen molar-refractivity contribution in [2.75, 3.05) is 5.32 Å². The van der Waals surface area contributed by atoms with Crippen molar-refractivity contribution in [1.29, 1.82) is 0 Å². The van der Waals surface area contributed by atoms with Crippen LogP contribution in [0.15, 0.2) is 47.2 Å². The van der Waals surface area contributed by atoms with Crippen LogP contribution in [0.2, 0.25) is 0 Å². The van der Waals surface area contributed by atoms with E-state index in [1.165, 1.54) is 6.92 Å². The van der Waals surface area contributed by atoms with E-state index in [1.54, 1.807) is 0 Å². The zero-order valence-corrected chi connectivity index (χ0v) is 10.8. The van der Waals surface area contributed by atoms with Gasteiger partial charge in [0.05, 0.1) is 17.8 Å². The predicted molar refractivity (Wildman–Crippen MR) is 77.4 cm³/mol. The van der Waals surface area contributed by atoms with E-state index >= 15 is 0 Å². The molecule has 0 saturated carbocycles. The maximum atomic E-state index is 11.1. The number of rotatable bonds is 3. The molecule has 0 atom stereocenters. The van der Waals surface area contributed by atoms with E-state index in [0.717, 1.165) is 35.3 Å². The fourth-order valence-corrected chi connectivity index (χ4v) is 2.29. The smallest absolute Gasteiger partial charge is 0.221 e. The van der Waals surface area contributed by atoms with Gasteiger partial charge in [0.2, 0.25) is 5.91 Å². The van der Waals surface area contributed by atoms with E-state index in [0.29, 0.717) is 0 Å². The van der Waals surface area contributed by atoms with Crippen molar-refractivity contribution in [2.45, 2.75) is 19.9 Å². The van der Waals surface area contributed by atoms with Crippen molar-refractivity contribution in [3.05, 3.63) is 42.2 Å². The van der Waals surface area contributed by atoms with E-state index in [9.17, 15) is 4.79 Å². The molecule has 1 aliphatic rings. The highest BCUT2D eigenvalue weighted by atomic mass is 16.1.